The van der Waals surface area contributed by atoms with Gasteiger partial charge in [0.2, 0.25) is 5.88 Å². The summed E-state index contributed by atoms with van der Waals surface area (Å²) in [6, 6.07) is 14.0. The molecule has 0 aliphatic heterocycles. The first-order valence-electron chi connectivity index (χ1n) is 8.46. The summed E-state index contributed by atoms with van der Waals surface area (Å²) < 4.78 is 5.88. The highest BCUT2D eigenvalue weighted by Gasteiger charge is 2.05. The van der Waals surface area contributed by atoms with E-state index in [1.54, 1.807) is 6.20 Å². The van der Waals surface area contributed by atoms with Crippen molar-refractivity contribution in [3.05, 3.63) is 59.8 Å². The van der Waals surface area contributed by atoms with Crippen LogP contribution < -0.4 is 15.4 Å². The highest BCUT2D eigenvalue weighted by molar-refractivity contribution is 5.79. The Labute approximate surface area is 144 Å². The van der Waals surface area contributed by atoms with E-state index in [4.69, 9.17) is 4.74 Å². The van der Waals surface area contributed by atoms with Gasteiger partial charge in [-0.25, -0.2) is 9.98 Å². The number of pyridine rings is 1. The standard InChI is InChI=1S/C19H26N4O/c1-3-12-22-19(20-4-2)23-14-17-11-8-13-21-18(17)24-15-16-9-6-5-7-10-16/h5-11,13H,3-4,12,14-15H2,1-2H3,(H2,20,22,23). The van der Waals surface area contributed by atoms with Gasteiger partial charge >= 0.3 is 0 Å². The molecule has 0 bridgehead atoms. The van der Waals surface area contributed by atoms with Crippen molar-refractivity contribution in [1.29, 1.82) is 0 Å². The Bertz CT molecular complexity index is 628. The topological polar surface area (TPSA) is 58.5 Å². The fraction of sp³-hybridized carbons (Fsp3) is 0.368. The predicted molar refractivity (Wildman–Crippen MR) is 98.1 cm³/mol. The van der Waals surface area contributed by atoms with Gasteiger partial charge in [-0.1, -0.05) is 43.3 Å². The van der Waals surface area contributed by atoms with E-state index in [1.807, 2.05) is 42.5 Å². The normalized spacial score (nSPS) is 11.2. The number of nitrogens with zero attached hydrogens (tertiary/aromatic N) is 2. The van der Waals surface area contributed by atoms with E-state index >= 15 is 0 Å². The van der Waals surface area contributed by atoms with Crippen LogP contribution in [0.4, 0.5) is 0 Å². The molecule has 1 aromatic carbocycles. The van der Waals surface area contributed by atoms with Gasteiger partial charge in [-0.2, -0.15) is 0 Å². The summed E-state index contributed by atoms with van der Waals surface area (Å²) >= 11 is 0. The van der Waals surface area contributed by atoms with Crippen molar-refractivity contribution >= 4 is 5.96 Å². The van der Waals surface area contributed by atoms with Crippen LogP contribution in [0.1, 0.15) is 31.4 Å². The van der Waals surface area contributed by atoms with Gasteiger partial charge in [0.15, 0.2) is 5.96 Å². The quantitative estimate of drug-likeness (QED) is 0.578. The zero-order valence-electron chi connectivity index (χ0n) is 14.5. The average molecular weight is 326 g/mol. The smallest absolute Gasteiger partial charge is 0.218 e. The Morgan fingerprint density at radius 1 is 1.08 bits per heavy atom. The summed E-state index contributed by atoms with van der Waals surface area (Å²) in [5.74, 6) is 1.45. The number of hydrogen-bond donors (Lipinski definition) is 2. The van der Waals surface area contributed by atoms with Crippen LogP contribution >= 0.6 is 0 Å². The number of rotatable bonds is 8. The lowest BCUT2D eigenvalue weighted by atomic mass is 10.2. The van der Waals surface area contributed by atoms with Crippen molar-refractivity contribution in [2.75, 3.05) is 13.1 Å². The Kier molecular flexibility index (Phi) is 7.60. The molecule has 0 fully saturated rings. The van der Waals surface area contributed by atoms with Crippen molar-refractivity contribution in [1.82, 2.24) is 15.6 Å². The van der Waals surface area contributed by atoms with Gasteiger partial charge < -0.3 is 15.4 Å². The molecule has 0 saturated heterocycles. The van der Waals surface area contributed by atoms with Crippen LogP contribution in [0.2, 0.25) is 0 Å². The first-order valence-corrected chi connectivity index (χ1v) is 8.46. The summed E-state index contributed by atoms with van der Waals surface area (Å²) in [7, 11) is 0. The van der Waals surface area contributed by atoms with Gasteiger partial charge in [-0.05, 0) is 25.0 Å². The van der Waals surface area contributed by atoms with Crippen LogP contribution in [0.25, 0.3) is 0 Å². The van der Waals surface area contributed by atoms with Gasteiger partial charge in [0.05, 0.1) is 6.54 Å². The van der Waals surface area contributed by atoms with E-state index in [1.165, 1.54) is 0 Å². The van der Waals surface area contributed by atoms with Gasteiger partial charge in [-0.15, -0.1) is 0 Å². The van der Waals surface area contributed by atoms with Crippen LogP contribution in [-0.2, 0) is 13.2 Å². The Balaban J connectivity index is 2.01. The van der Waals surface area contributed by atoms with E-state index in [2.05, 4.69) is 34.5 Å². The summed E-state index contributed by atoms with van der Waals surface area (Å²) in [5.41, 5.74) is 2.10. The van der Waals surface area contributed by atoms with E-state index in [0.29, 0.717) is 19.0 Å². The van der Waals surface area contributed by atoms with Crippen LogP contribution in [0.5, 0.6) is 5.88 Å². The molecule has 2 aromatic rings. The first kappa shape index (κ1) is 17.8. The third-order valence-electron chi connectivity index (χ3n) is 3.36. The fourth-order valence-electron chi connectivity index (χ4n) is 2.15. The number of guanidine groups is 1. The third kappa shape index (κ3) is 5.91. The average Bonchev–Trinajstić information content (AvgIpc) is 2.64. The van der Waals surface area contributed by atoms with Crippen LogP contribution in [0.15, 0.2) is 53.7 Å². The number of aliphatic imine (C=N–C) groups is 1. The van der Waals surface area contributed by atoms with Crippen molar-refractivity contribution in [3.8, 4) is 5.88 Å². The SMILES string of the molecule is CCCNC(=NCc1cccnc1OCc1ccccc1)NCC. The number of hydrogen-bond acceptors (Lipinski definition) is 3. The monoisotopic (exact) mass is 326 g/mol. The maximum absolute atomic E-state index is 5.88. The Morgan fingerprint density at radius 3 is 2.67 bits per heavy atom. The number of nitrogens with one attached hydrogen (secondary N) is 2. The molecule has 0 radical (unpaired) electrons. The molecule has 0 aliphatic carbocycles. The van der Waals surface area contributed by atoms with Crippen molar-refractivity contribution in [3.63, 3.8) is 0 Å². The molecule has 0 unspecified atom stereocenters. The molecule has 0 saturated carbocycles. The summed E-state index contributed by atoms with van der Waals surface area (Å²) in [5, 5.41) is 6.54. The first-order chi connectivity index (χ1) is 11.8. The minimum atomic E-state index is 0.503. The minimum absolute atomic E-state index is 0.503. The predicted octanol–water partition coefficient (Wildman–Crippen LogP) is 3.13. The summed E-state index contributed by atoms with van der Waals surface area (Å²) in [6.45, 7) is 6.95. The zero-order chi connectivity index (χ0) is 17.0. The van der Waals surface area contributed by atoms with E-state index in [0.717, 1.165) is 36.6 Å². The second-order valence-corrected chi connectivity index (χ2v) is 5.36. The molecule has 0 spiro atoms. The molecule has 0 amide bonds. The lowest BCUT2D eigenvalue weighted by Gasteiger charge is -2.12. The zero-order valence-corrected chi connectivity index (χ0v) is 14.5. The van der Waals surface area contributed by atoms with Gasteiger partial charge in [0.1, 0.15) is 6.61 Å². The third-order valence-corrected chi connectivity index (χ3v) is 3.36. The van der Waals surface area contributed by atoms with Crippen LogP contribution in [0, 0.1) is 0 Å². The molecule has 128 valence electrons. The number of ether oxygens (including phenoxy) is 1. The van der Waals surface area contributed by atoms with E-state index in [9.17, 15) is 0 Å². The van der Waals surface area contributed by atoms with Crippen molar-refractivity contribution < 1.29 is 4.74 Å². The number of benzene rings is 1. The molecule has 0 aliphatic rings. The van der Waals surface area contributed by atoms with E-state index < -0.39 is 0 Å². The molecule has 24 heavy (non-hydrogen) atoms. The minimum Gasteiger partial charge on any atom is -0.473 e. The molecule has 1 heterocycles. The van der Waals surface area contributed by atoms with Crippen molar-refractivity contribution in [2.24, 2.45) is 4.99 Å². The maximum atomic E-state index is 5.88. The van der Waals surface area contributed by atoms with Crippen LogP contribution in [0.3, 0.4) is 0 Å². The van der Waals surface area contributed by atoms with Gasteiger partial charge in [0, 0.05) is 24.8 Å². The van der Waals surface area contributed by atoms with Crippen molar-refractivity contribution in [2.45, 2.75) is 33.4 Å². The summed E-state index contributed by atoms with van der Waals surface area (Å²) in [4.78, 5) is 8.96. The Morgan fingerprint density at radius 2 is 1.92 bits per heavy atom. The second-order valence-electron chi connectivity index (χ2n) is 5.36. The molecule has 2 rings (SSSR count). The Hall–Kier alpha value is -2.56. The van der Waals surface area contributed by atoms with Gasteiger partial charge in [0.25, 0.3) is 0 Å². The molecular formula is C19H26N4O. The van der Waals surface area contributed by atoms with Crippen LogP contribution in [-0.4, -0.2) is 24.0 Å². The molecule has 1 aromatic heterocycles. The van der Waals surface area contributed by atoms with Gasteiger partial charge in [-0.3, -0.25) is 0 Å². The molecule has 5 heteroatoms. The van der Waals surface area contributed by atoms with E-state index in [-0.39, 0.29) is 0 Å². The molecule has 0 atom stereocenters. The lowest BCUT2D eigenvalue weighted by molar-refractivity contribution is 0.290. The fourth-order valence-corrected chi connectivity index (χ4v) is 2.15. The largest absolute Gasteiger partial charge is 0.473 e. The highest BCUT2D eigenvalue weighted by atomic mass is 16.5. The molecule has 5 nitrogen and oxygen atoms in total. The lowest BCUT2D eigenvalue weighted by Crippen LogP contribution is -2.37. The molecular weight excluding hydrogens is 300 g/mol. The molecule has 2 N–H and O–H groups in total. The number of aromatic nitrogens is 1. The second kappa shape index (κ2) is 10.3. The maximum Gasteiger partial charge on any atom is 0.218 e. The summed E-state index contributed by atoms with van der Waals surface area (Å²) in [6.07, 6.45) is 2.80. The highest BCUT2D eigenvalue weighted by Crippen LogP contribution is 2.17.